The van der Waals surface area contributed by atoms with Crippen molar-refractivity contribution in [1.29, 1.82) is 0 Å². The molecule has 0 amide bonds. The lowest BCUT2D eigenvalue weighted by molar-refractivity contribution is -0.141. The fourth-order valence-corrected chi connectivity index (χ4v) is 1.87. The summed E-state index contributed by atoms with van der Waals surface area (Å²) in [6.07, 6.45) is 0.422. The first-order valence-electron chi connectivity index (χ1n) is 4.88. The molecule has 16 heavy (non-hydrogen) atoms. The van der Waals surface area contributed by atoms with Gasteiger partial charge in [-0.05, 0) is 24.1 Å². The van der Waals surface area contributed by atoms with E-state index in [4.69, 9.17) is 26.2 Å². The molecule has 1 unspecified atom stereocenters. The largest absolute Gasteiger partial charge is 0.481 e. The average molecular weight is 243 g/mol. The Balaban J connectivity index is 2.23. The quantitative estimate of drug-likeness (QED) is 0.884. The summed E-state index contributed by atoms with van der Waals surface area (Å²) in [5.41, 5.74) is 0.837. The Morgan fingerprint density at radius 1 is 1.56 bits per heavy atom. The molecule has 0 spiro atoms. The predicted octanol–water partition coefficient (Wildman–Crippen LogP) is 2.33. The maximum absolute atomic E-state index is 10.7. The maximum Gasteiger partial charge on any atom is 0.306 e. The van der Waals surface area contributed by atoms with E-state index < -0.39 is 11.9 Å². The Labute approximate surface area is 97.7 Å². The number of ether oxygens (including phenoxy) is 2. The van der Waals surface area contributed by atoms with Crippen LogP contribution in [0.1, 0.15) is 12.5 Å². The van der Waals surface area contributed by atoms with Gasteiger partial charge >= 0.3 is 5.97 Å². The molecule has 1 atom stereocenters. The molecule has 4 nitrogen and oxygen atoms in total. The van der Waals surface area contributed by atoms with E-state index in [1.54, 1.807) is 19.1 Å². The first-order valence-corrected chi connectivity index (χ1v) is 5.26. The van der Waals surface area contributed by atoms with Crippen LogP contribution in [0.2, 0.25) is 5.02 Å². The third kappa shape index (κ3) is 2.07. The number of benzene rings is 1. The zero-order chi connectivity index (χ0) is 11.7. The van der Waals surface area contributed by atoms with Gasteiger partial charge in [0, 0.05) is 0 Å². The average Bonchev–Trinajstić information content (AvgIpc) is 2.65. The predicted molar refractivity (Wildman–Crippen MR) is 58.1 cm³/mol. The Morgan fingerprint density at radius 3 is 3.00 bits per heavy atom. The monoisotopic (exact) mass is 242 g/mol. The Bertz CT molecular complexity index is 430. The van der Waals surface area contributed by atoms with Gasteiger partial charge in [-0.3, -0.25) is 4.79 Å². The molecule has 1 heterocycles. The summed E-state index contributed by atoms with van der Waals surface area (Å²) in [6.45, 7) is 1.81. The second-order valence-electron chi connectivity index (χ2n) is 3.75. The molecule has 1 aromatic rings. The minimum absolute atomic E-state index is 0.160. The summed E-state index contributed by atoms with van der Waals surface area (Å²) >= 11 is 5.99. The number of carbonyl (C=O) groups is 1. The van der Waals surface area contributed by atoms with Crippen LogP contribution >= 0.6 is 11.6 Å². The number of carboxylic acid groups (broad SMARTS) is 1. The van der Waals surface area contributed by atoms with Gasteiger partial charge in [-0.1, -0.05) is 18.5 Å². The van der Waals surface area contributed by atoms with E-state index in [2.05, 4.69) is 0 Å². The van der Waals surface area contributed by atoms with Crippen LogP contribution in [0.15, 0.2) is 12.1 Å². The molecule has 1 aliphatic rings. The van der Waals surface area contributed by atoms with Crippen LogP contribution < -0.4 is 9.47 Å². The Hall–Kier alpha value is -1.42. The maximum atomic E-state index is 10.7. The summed E-state index contributed by atoms with van der Waals surface area (Å²) in [5, 5.41) is 9.28. The minimum Gasteiger partial charge on any atom is -0.481 e. The van der Waals surface area contributed by atoms with Gasteiger partial charge in [0.05, 0.1) is 10.9 Å². The lowest BCUT2D eigenvalue weighted by Crippen LogP contribution is -2.12. The van der Waals surface area contributed by atoms with E-state index in [1.165, 1.54) is 0 Å². The van der Waals surface area contributed by atoms with Crippen molar-refractivity contribution in [1.82, 2.24) is 0 Å². The highest BCUT2D eigenvalue weighted by atomic mass is 35.5. The van der Waals surface area contributed by atoms with E-state index in [1.807, 2.05) is 0 Å². The van der Waals surface area contributed by atoms with Crippen molar-refractivity contribution >= 4 is 17.6 Å². The van der Waals surface area contributed by atoms with Crippen LogP contribution in [0.25, 0.3) is 0 Å². The number of aliphatic carboxylic acids is 1. The van der Waals surface area contributed by atoms with Crippen molar-refractivity contribution < 1.29 is 19.4 Å². The number of hydrogen-bond donors (Lipinski definition) is 1. The highest BCUT2D eigenvalue weighted by Crippen LogP contribution is 2.40. The van der Waals surface area contributed by atoms with Gasteiger partial charge in [0.2, 0.25) is 6.79 Å². The SMILES string of the molecule is CC(Cc1cc(Cl)c2c(c1)OCO2)C(=O)O. The van der Waals surface area contributed by atoms with E-state index in [0.717, 1.165) is 5.56 Å². The summed E-state index contributed by atoms with van der Waals surface area (Å²) in [6, 6.07) is 3.49. The van der Waals surface area contributed by atoms with Gasteiger partial charge in [-0.15, -0.1) is 0 Å². The van der Waals surface area contributed by atoms with E-state index in [0.29, 0.717) is 22.9 Å². The molecule has 0 aromatic heterocycles. The van der Waals surface area contributed by atoms with Crippen LogP contribution in [0, 0.1) is 5.92 Å². The van der Waals surface area contributed by atoms with Crippen molar-refractivity contribution in [2.24, 2.45) is 5.92 Å². The molecule has 0 fully saturated rings. The van der Waals surface area contributed by atoms with E-state index in [-0.39, 0.29) is 6.79 Å². The van der Waals surface area contributed by atoms with E-state index >= 15 is 0 Å². The normalized spacial score (nSPS) is 14.9. The van der Waals surface area contributed by atoms with Crippen molar-refractivity contribution in [3.05, 3.63) is 22.7 Å². The van der Waals surface area contributed by atoms with Gasteiger partial charge in [-0.25, -0.2) is 0 Å². The van der Waals surface area contributed by atoms with Crippen molar-refractivity contribution in [2.45, 2.75) is 13.3 Å². The van der Waals surface area contributed by atoms with Gasteiger partial charge in [0.25, 0.3) is 0 Å². The fraction of sp³-hybridized carbons (Fsp3) is 0.364. The number of fused-ring (bicyclic) bond motifs is 1. The van der Waals surface area contributed by atoms with Crippen molar-refractivity contribution in [3.63, 3.8) is 0 Å². The molecule has 1 aliphatic heterocycles. The Kier molecular flexibility index (Phi) is 2.92. The number of rotatable bonds is 3. The number of halogens is 1. The fourth-order valence-electron chi connectivity index (χ4n) is 1.58. The minimum atomic E-state index is -0.825. The molecule has 1 aromatic carbocycles. The third-order valence-corrected chi connectivity index (χ3v) is 2.73. The molecular weight excluding hydrogens is 232 g/mol. The standard InChI is InChI=1S/C11H11ClO4/c1-6(11(13)14)2-7-3-8(12)10-9(4-7)15-5-16-10/h3-4,6H,2,5H2,1H3,(H,13,14). The molecule has 0 aliphatic carbocycles. The molecule has 2 rings (SSSR count). The second-order valence-corrected chi connectivity index (χ2v) is 4.16. The lowest BCUT2D eigenvalue weighted by atomic mass is 10.0. The highest BCUT2D eigenvalue weighted by Gasteiger charge is 2.20. The highest BCUT2D eigenvalue weighted by molar-refractivity contribution is 6.32. The first kappa shape index (κ1) is 11.1. The van der Waals surface area contributed by atoms with Gasteiger partial charge in [0.15, 0.2) is 11.5 Å². The molecule has 0 saturated heterocycles. The smallest absolute Gasteiger partial charge is 0.306 e. The molecule has 86 valence electrons. The number of hydrogen-bond acceptors (Lipinski definition) is 3. The van der Waals surface area contributed by atoms with Crippen molar-refractivity contribution in [3.8, 4) is 11.5 Å². The lowest BCUT2D eigenvalue weighted by Gasteiger charge is -2.08. The molecule has 0 radical (unpaired) electrons. The molecule has 0 bridgehead atoms. The zero-order valence-corrected chi connectivity index (χ0v) is 9.45. The third-order valence-electron chi connectivity index (χ3n) is 2.45. The van der Waals surface area contributed by atoms with Gasteiger partial charge < -0.3 is 14.6 Å². The van der Waals surface area contributed by atoms with Crippen LogP contribution in [-0.4, -0.2) is 17.9 Å². The van der Waals surface area contributed by atoms with Crippen LogP contribution in [0.4, 0.5) is 0 Å². The molecular formula is C11H11ClO4. The van der Waals surface area contributed by atoms with Crippen molar-refractivity contribution in [2.75, 3.05) is 6.79 Å². The topological polar surface area (TPSA) is 55.8 Å². The summed E-state index contributed by atoms with van der Waals surface area (Å²) < 4.78 is 10.4. The van der Waals surface area contributed by atoms with Crippen LogP contribution in [0.5, 0.6) is 11.5 Å². The number of carboxylic acids is 1. The van der Waals surface area contributed by atoms with Gasteiger partial charge in [-0.2, -0.15) is 0 Å². The van der Waals surface area contributed by atoms with Crippen LogP contribution in [0.3, 0.4) is 0 Å². The summed E-state index contributed by atoms with van der Waals surface area (Å²) in [7, 11) is 0. The summed E-state index contributed by atoms with van der Waals surface area (Å²) in [5.74, 6) is -0.154. The molecule has 5 heteroatoms. The Morgan fingerprint density at radius 2 is 2.31 bits per heavy atom. The van der Waals surface area contributed by atoms with Crippen LogP contribution in [-0.2, 0) is 11.2 Å². The van der Waals surface area contributed by atoms with Gasteiger partial charge in [0.1, 0.15) is 0 Å². The van der Waals surface area contributed by atoms with E-state index in [9.17, 15) is 4.79 Å². The second kappa shape index (κ2) is 4.22. The molecule has 1 N–H and O–H groups in total. The summed E-state index contributed by atoms with van der Waals surface area (Å²) in [4.78, 5) is 10.7. The first-order chi connectivity index (χ1) is 7.58. The molecule has 0 saturated carbocycles. The zero-order valence-electron chi connectivity index (χ0n) is 8.70.